The molecule has 1 aliphatic rings. The van der Waals surface area contributed by atoms with Crippen LogP contribution < -0.4 is 21.0 Å². The van der Waals surface area contributed by atoms with Crippen LogP contribution in [0.15, 0.2) is 47.5 Å². The molecular formula is C17H18N6O. The van der Waals surface area contributed by atoms with E-state index in [1.807, 2.05) is 12.1 Å². The fraction of sp³-hybridized carbons (Fsp3) is 0.235. The van der Waals surface area contributed by atoms with Gasteiger partial charge >= 0.3 is 0 Å². The Morgan fingerprint density at radius 2 is 1.96 bits per heavy atom. The predicted octanol–water partition coefficient (Wildman–Crippen LogP) is 1.47. The summed E-state index contributed by atoms with van der Waals surface area (Å²) in [6.07, 6.45) is 3.40. The summed E-state index contributed by atoms with van der Waals surface area (Å²) in [5, 5.41) is 7.13. The first-order chi connectivity index (χ1) is 11.8. The van der Waals surface area contributed by atoms with E-state index in [2.05, 4.69) is 30.5 Å². The van der Waals surface area contributed by atoms with Crippen LogP contribution in [0.3, 0.4) is 0 Å². The molecule has 0 aliphatic carbocycles. The third-order valence-corrected chi connectivity index (χ3v) is 4.10. The zero-order valence-electron chi connectivity index (χ0n) is 13.1. The monoisotopic (exact) mass is 322 g/mol. The first-order valence-corrected chi connectivity index (χ1v) is 7.97. The molecule has 1 aliphatic heterocycles. The van der Waals surface area contributed by atoms with Gasteiger partial charge in [-0.05, 0) is 18.2 Å². The number of anilines is 3. The number of nitrogens with one attached hydrogen (secondary N) is 3. The second kappa shape index (κ2) is 6.29. The summed E-state index contributed by atoms with van der Waals surface area (Å²) in [7, 11) is 0. The van der Waals surface area contributed by atoms with Crippen molar-refractivity contribution in [3.63, 3.8) is 0 Å². The molecule has 3 aromatic heterocycles. The minimum absolute atomic E-state index is 0.0402. The molecule has 1 fully saturated rings. The van der Waals surface area contributed by atoms with E-state index in [9.17, 15) is 4.79 Å². The molecule has 0 unspecified atom stereocenters. The Balaban J connectivity index is 1.60. The number of rotatable bonds is 3. The largest absolute Gasteiger partial charge is 0.369 e. The molecule has 7 heteroatoms. The number of fused-ring (bicyclic) bond motifs is 1. The summed E-state index contributed by atoms with van der Waals surface area (Å²) >= 11 is 0. The van der Waals surface area contributed by atoms with Gasteiger partial charge in [0.1, 0.15) is 17.3 Å². The standard InChI is InChI=1S/C17H18N6O/c24-14-4-6-20-17-13(14)1-2-15(22-17)21-16-11-12(3-5-19-16)23-9-7-18-8-10-23/h1-6,11,18H,7-10H2,(H2,19,20,21,22,24). The summed E-state index contributed by atoms with van der Waals surface area (Å²) < 4.78 is 0. The van der Waals surface area contributed by atoms with Gasteiger partial charge in [0.25, 0.3) is 0 Å². The SMILES string of the molecule is O=c1cc[nH]c2nc(Nc3cc(N4CCNCC4)ccn3)ccc12. The van der Waals surface area contributed by atoms with E-state index in [0.717, 1.165) is 37.7 Å². The molecule has 4 heterocycles. The van der Waals surface area contributed by atoms with Crippen LogP contribution in [0, 0.1) is 0 Å². The summed E-state index contributed by atoms with van der Waals surface area (Å²) in [4.78, 5) is 25.9. The Bertz CT molecular complexity index is 916. The second-order valence-electron chi connectivity index (χ2n) is 5.70. The maximum atomic E-state index is 11.8. The average Bonchev–Trinajstić information content (AvgIpc) is 2.63. The van der Waals surface area contributed by atoms with E-state index < -0.39 is 0 Å². The highest BCUT2D eigenvalue weighted by Crippen LogP contribution is 2.20. The molecule has 0 atom stereocenters. The number of aromatic nitrogens is 3. The van der Waals surface area contributed by atoms with Crippen LogP contribution in [-0.4, -0.2) is 41.1 Å². The molecule has 0 spiro atoms. The highest BCUT2D eigenvalue weighted by Gasteiger charge is 2.11. The second-order valence-corrected chi connectivity index (χ2v) is 5.70. The fourth-order valence-corrected chi connectivity index (χ4v) is 2.86. The van der Waals surface area contributed by atoms with Crippen molar-refractivity contribution in [2.24, 2.45) is 0 Å². The number of H-pyrrole nitrogens is 1. The first-order valence-electron chi connectivity index (χ1n) is 7.97. The summed E-state index contributed by atoms with van der Waals surface area (Å²) in [6, 6.07) is 9.09. The molecule has 4 rings (SSSR count). The summed E-state index contributed by atoms with van der Waals surface area (Å²) in [5.41, 5.74) is 1.66. The summed E-state index contributed by atoms with van der Waals surface area (Å²) in [6.45, 7) is 3.95. The lowest BCUT2D eigenvalue weighted by Gasteiger charge is -2.29. The quantitative estimate of drug-likeness (QED) is 0.677. The highest BCUT2D eigenvalue weighted by molar-refractivity contribution is 5.76. The summed E-state index contributed by atoms with van der Waals surface area (Å²) in [5.74, 6) is 1.38. The maximum absolute atomic E-state index is 11.8. The van der Waals surface area contributed by atoms with Crippen molar-refractivity contribution < 1.29 is 0 Å². The number of aromatic amines is 1. The Labute approximate surface area is 138 Å². The number of pyridine rings is 3. The van der Waals surface area contributed by atoms with Crippen LogP contribution >= 0.6 is 0 Å². The van der Waals surface area contributed by atoms with E-state index in [-0.39, 0.29) is 5.43 Å². The Hall–Kier alpha value is -2.93. The van der Waals surface area contributed by atoms with E-state index >= 15 is 0 Å². The zero-order chi connectivity index (χ0) is 16.4. The predicted molar refractivity (Wildman–Crippen MR) is 95.0 cm³/mol. The number of piperazine rings is 1. The molecule has 3 aromatic rings. The number of hydrogen-bond donors (Lipinski definition) is 3. The van der Waals surface area contributed by atoms with Gasteiger partial charge in [-0.2, -0.15) is 0 Å². The first kappa shape index (κ1) is 14.6. The molecule has 1 saturated heterocycles. The van der Waals surface area contributed by atoms with Crippen molar-refractivity contribution in [1.29, 1.82) is 0 Å². The topological polar surface area (TPSA) is 85.9 Å². The number of nitrogens with zero attached hydrogens (tertiary/aromatic N) is 3. The Morgan fingerprint density at radius 3 is 2.83 bits per heavy atom. The van der Waals surface area contributed by atoms with Gasteiger partial charge in [-0.25, -0.2) is 9.97 Å². The Morgan fingerprint density at radius 1 is 1.08 bits per heavy atom. The van der Waals surface area contributed by atoms with Gasteiger partial charge in [-0.3, -0.25) is 4.79 Å². The van der Waals surface area contributed by atoms with Gasteiger partial charge in [0, 0.05) is 56.4 Å². The molecule has 24 heavy (non-hydrogen) atoms. The third kappa shape index (κ3) is 2.93. The van der Waals surface area contributed by atoms with Crippen LogP contribution in [0.2, 0.25) is 0 Å². The lowest BCUT2D eigenvalue weighted by molar-refractivity contribution is 0.589. The van der Waals surface area contributed by atoms with Gasteiger partial charge in [0.05, 0.1) is 5.39 Å². The van der Waals surface area contributed by atoms with Crippen LogP contribution in [0.4, 0.5) is 17.3 Å². The average molecular weight is 322 g/mol. The van der Waals surface area contributed by atoms with Crippen LogP contribution in [-0.2, 0) is 0 Å². The highest BCUT2D eigenvalue weighted by atomic mass is 16.1. The van der Waals surface area contributed by atoms with Crippen LogP contribution in [0.25, 0.3) is 11.0 Å². The van der Waals surface area contributed by atoms with Gasteiger partial charge in [-0.1, -0.05) is 0 Å². The molecule has 0 amide bonds. The maximum Gasteiger partial charge on any atom is 0.191 e. The molecule has 0 bridgehead atoms. The molecule has 3 N–H and O–H groups in total. The number of hydrogen-bond acceptors (Lipinski definition) is 6. The fourth-order valence-electron chi connectivity index (χ4n) is 2.86. The van der Waals surface area contributed by atoms with Crippen molar-refractivity contribution in [3.8, 4) is 0 Å². The van der Waals surface area contributed by atoms with Crippen molar-refractivity contribution in [3.05, 3.63) is 52.9 Å². The van der Waals surface area contributed by atoms with Gasteiger partial charge < -0.3 is 20.5 Å². The molecule has 0 saturated carbocycles. The molecule has 0 radical (unpaired) electrons. The third-order valence-electron chi connectivity index (χ3n) is 4.10. The molecule has 0 aromatic carbocycles. The molecule has 122 valence electrons. The van der Waals surface area contributed by atoms with E-state index in [1.54, 1.807) is 24.5 Å². The minimum atomic E-state index is -0.0402. The zero-order valence-corrected chi connectivity index (χ0v) is 13.1. The van der Waals surface area contributed by atoms with Crippen molar-refractivity contribution in [2.75, 3.05) is 36.4 Å². The Kier molecular flexibility index (Phi) is 3.84. The molecule has 7 nitrogen and oxygen atoms in total. The normalized spacial score (nSPS) is 14.8. The smallest absolute Gasteiger partial charge is 0.191 e. The van der Waals surface area contributed by atoms with Crippen molar-refractivity contribution in [2.45, 2.75) is 0 Å². The van der Waals surface area contributed by atoms with E-state index in [0.29, 0.717) is 16.9 Å². The van der Waals surface area contributed by atoms with E-state index in [4.69, 9.17) is 0 Å². The molecular weight excluding hydrogens is 304 g/mol. The van der Waals surface area contributed by atoms with Crippen LogP contribution in [0.5, 0.6) is 0 Å². The van der Waals surface area contributed by atoms with Gasteiger partial charge in [-0.15, -0.1) is 0 Å². The minimum Gasteiger partial charge on any atom is -0.369 e. The van der Waals surface area contributed by atoms with E-state index in [1.165, 1.54) is 6.07 Å². The van der Waals surface area contributed by atoms with Crippen molar-refractivity contribution >= 4 is 28.4 Å². The lowest BCUT2D eigenvalue weighted by atomic mass is 10.2. The van der Waals surface area contributed by atoms with Gasteiger partial charge in [0.15, 0.2) is 5.43 Å². The van der Waals surface area contributed by atoms with Crippen LogP contribution in [0.1, 0.15) is 0 Å². The van der Waals surface area contributed by atoms with Crippen molar-refractivity contribution in [1.82, 2.24) is 20.3 Å². The van der Waals surface area contributed by atoms with Gasteiger partial charge in [0.2, 0.25) is 0 Å². The lowest BCUT2D eigenvalue weighted by Crippen LogP contribution is -2.43.